The molecular weight excluding hydrogens is 188 g/mol. The van der Waals surface area contributed by atoms with Crippen LogP contribution in [0.5, 0.6) is 0 Å². The van der Waals surface area contributed by atoms with Gasteiger partial charge in [0.05, 0.1) is 5.66 Å². The van der Waals surface area contributed by atoms with Crippen molar-refractivity contribution in [3.05, 3.63) is 0 Å². The molecule has 0 aromatic carbocycles. The molecule has 1 aliphatic heterocycles. The van der Waals surface area contributed by atoms with E-state index in [9.17, 15) is 9.59 Å². The Morgan fingerprint density at radius 3 is 1.86 bits per heavy atom. The SMILES string of the molecule is NC1(N)CCC(=O)OCOC(=O)CC1. The molecule has 0 bridgehead atoms. The van der Waals surface area contributed by atoms with Crippen LogP contribution >= 0.6 is 0 Å². The van der Waals surface area contributed by atoms with Gasteiger partial charge in [-0.15, -0.1) is 0 Å². The predicted molar refractivity (Wildman–Crippen MR) is 46.6 cm³/mol. The van der Waals surface area contributed by atoms with E-state index in [1.807, 2.05) is 0 Å². The van der Waals surface area contributed by atoms with E-state index in [0.717, 1.165) is 0 Å². The molecule has 0 unspecified atom stereocenters. The number of rotatable bonds is 0. The van der Waals surface area contributed by atoms with E-state index in [2.05, 4.69) is 9.47 Å². The third-order valence-electron chi connectivity index (χ3n) is 2.03. The average Bonchev–Trinajstić information content (AvgIpc) is 2.11. The molecule has 0 atom stereocenters. The first-order valence-corrected chi connectivity index (χ1v) is 4.39. The van der Waals surface area contributed by atoms with E-state index in [1.165, 1.54) is 0 Å². The number of hydrogen-bond acceptors (Lipinski definition) is 6. The standard InChI is InChI=1S/C8H14N2O4/c9-8(10)3-1-6(11)13-5-14-7(12)2-4-8/h1-5,9-10H2. The van der Waals surface area contributed by atoms with Gasteiger partial charge in [-0.1, -0.05) is 0 Å². The summed E-state index contributed by atoms with van der Waals surface area (Å²) in [5, 5.41) is 0. The maximum atomic E-state index is 11.0. The molecule has 0 amide bonds. The van der Waals surface area contributed by atoms with Gasteiger partial charge >= 0.3 is 11.9 Å². The van der Waals surface area contributed by atoms with Crippen LogP contribution in [0.25, 0.3) is 0 Å². The van der Waals surface area contributed by atoms with Gasteiger partial charge < -0.3 is 20.9 Å². The summed E-state index contributed by atoms with van der Waals surface area (Å²) in [5.74, 6) is -0.917. The lowest BCUT2D eigenvalue weighted by atomic mass is 10.00. The van der Waals surface area contributed by atoms with Crippen LogP contribution in [0.1, 0.15) is 25.7 Å². The van der Waals surface area contributed by atoms with Gasteiger partial charge in [-0.05, 0) is 12.8 Å². The van der Waals surface area contributed by atoms with Gasteiger partial charge in [0, 0.05) is 12.8 Å². The van der Waals surface area contributed by atoms with Crippen LogP contribution < -0.4 is 11.5 Å². The molecule has 0 aromatic rings. The first-order valence-electron chi connectivity index (χ1n) is 4.39. The second-order valence-electron chi connectivity index (χ2n) is 3.38. The van der Waals surface area contributed by atoms with Crippen molar-refractivity contribution in [3.8, 4) is 0 Å². The van der Waals surface area contributed by atoms with Crippen molar-refractivity contribution in [2.75, 3.05) is 6.79 Å². The Hall–Kier alpha value is -1.14. The topological polar surface area (TPSA) is 105 Å². The van der Waals surface area contributed by atoms with Gasteiger partial charge in [0.15, 0.2) is 0 Å². The van der Waals surface area contributed by atoms with E-state index in [-0.39, 0.29) is 19.6 Å². The molecule has 1 aliphatic rings. The zero-order valence-electron chi connectivity index (χ0n) is 7.82. The lowest BCUT2D eigenvalue weighted by Gasteiger charge is -2.24. The summed E-state index contributed by atoms with van der Waals surface area (Å²) in [6.45, 7) is -0.320. The smallest absolute Gasteiger partial charge is 0.308 e. The fourth-order valence-electron chi connectivity index (χ4n) is 1.10. The van der Waals surface area contributed by atoms with Gasteiger partial charge in [-0.25, -0.2) is 0 Å². The molecule has 80 valence electrons. The molecule has 0 radical (unpaired) electrons. The van der Waals surface area contributed by atoms with E-state index >= 15 is 0 Å². The number of carbonyl (C=O) groups excluding carboxylic acids is 2. The highest BCUT2D eigenvalue weighted by molar-refractivity contribution is 5.71. The van der Waals surface area contributed by atoms with Crippen molar-refractivity contribution in [2.45, 2.75) is 31.3 Å². The van der Waals surface area contributed by atoms with Gasteiger partial charge in [0.25, 0.3) is 0 Å². The lowest BCUT2D eigenvalue weighted by Crippen LogP contribution is -2.50. The zero-order chi connectivity index (χ0) is 10.6. The molecule has 14 heavy (non-hydrogen) atoms. The highest BCUT2D eigenvalue weighted by Crippen LogP contribution is 2.13. The molecule has 0 aromatic heterocycles. The van der Waals surface area contributed by atoms with Gasteiger partial charge in [0.1, 0.15) is 0 Å². The fraction of sp³-hybridized carbons (Fsp3) is 0.750. The molecule has 4 N–H and O–H groups in total. The number of hydrogen-bond donors (Lipinski definition) is 2. The minimum Gasteiger partial charge on any atom is -0.428 e. The highest BCUT2D eigenvalue weighted by Gasteiger charge is 2.23. The minimum absolute atomic E-state index is 0.143. The third kappa shape index (κ3) is 3.71. The second-order valence-corrected chi connectivity index (χ2v) is 3.38. The van der Waals surface area contributed by atoms with Crippen molar-refractivity contribution in [1.82, 2.24) is 0 Å². The average molecular weight is 202 g/mol. The van der Waals surface area contributed by atoms with Crippen LogP contribution in [0.3, 0.4) is 0 Å². The quantitative estimate of drug-likeness (QED) is 0.394. The normalized spacial score (nSPS) is 23.6. The van der Waals surface area contributed by atoms with Crippen LogP contribution in [-0.4, -0.2) is 24.4 Å². The summed E-state index contributed by atoms with van der Waals surface area (Å²) in [5.41, 5.74) is 10.3. The second kappa shape index (κ2) is 4.39. The van der Waals surface area contributed by atoms with Crippen LogP contribution in [0.2, 0.25) is 0 Å². The monoisotopic (exact) mass is 202 g/mol. The molecule has 0 spiro atoms. The molecule has 0 saturated carbocycles. The van der Waals surface area contributed by atoms with Crippen LogP contribution in [0.4, 0.5) is 0 Å². The van der Waals surface area contributed by atoms with E-state index in [0.29, 0.717) is 12.8 Å². The largest absolute Gasteiger partial charge is 0.428 e. The Labute approximate surface area is 81.5 Å². The van der Waals surface area contributed by atoms with E-state index in [1.54, 1.807) is 0 Å². The zero-order valence-corrected chi connectivity index (χ0v) is 7.82. The molecule has 1 saturated heterocycles. The van der Waals surface area contributed by atoms with Gasteiger partial charge in [-0.2, -0.15) is 0 Å². The molecule has 0 aliphatic carbocycles. The van der Waals surface area contributed by atoms with Crippen LogP contribution in [-0.2, 0) is 19.1 Å². The Balaban J connectivity index is 2.54. The van der Waals surface area contributed by atoms with Gasteiger partial charge in [-0.3, -0.25) is 9.59 Å². The maximum Gasteiger partial charge on any atom is 0.308 e. The van der Waals surface area contributed by atoms with Crippen LogP contribution in [0, 0.1) is 0 Å². The Morgan fingerprint density at radius 2 is 1.43 bits per heavy atom. The number of carbonyl (C=O) groups is 2. The van der Waals surface area contributed by atoms with Crippen molar-refractivity contribution in [1.29, 1.82) is 0 Å². The minimum atomic E-state index is -1.00. The summed E-state index contributed by atoms with van der Waals surface area (Å²) < 4.78 is 9.18. The molecular formula is C8H14N2O4. The van der Waals surface area contributed by atoms with E-state index in [4.69, 9.17) is 11.5 Å². The summed E-state index contributed by atoms with van der Waals surface area (Å²) in [6.07, 6.45) is 0.896. The molecule has 6 nitrogen and oxygen atoms in total. The number of cyclic esters (lactones) is 2. The Bertz CT molecular complexity index is 217. The lowest BCUT2D eigenvalue weighted by molar-refractivity contribution is -0.168. The van der Waals surface area contributed by atoms with E-state index < -0.39 is 17.6 Å². The molecule has 1 heterocycles. The van der Waals surface area contributed by atoms with Crippen molar-refractivity contribution in [3.63, 3.8) is 0 Å². The van der Waals surface area contributed by atoms with Crippen molar-refractivity contribution < 1.29 is 19.1 Å². The summed E-state index contributed by atoms with van der Waals surface area (Å²) in [7, 11) is 0. The molecule has 1 rings (SSSR count). The molecule has 6 heteroatoms. The van der Waals surface area contributed by atoms with Gasteiger partial charge in [0.2, 0.25) is 6.79 Å². The maximum absolute atomic E-state index is 11.0. The third-order valence-corrected chi connectivity index (χ3v) is 2.03. The number of esters is 2. The summed E-state index contributed by atoms with van der Waals surface area (Å²) in [6, 6.07) is 0. The fourth-order valence-corrected chi connectivity index (χ4v) is 1.10. The Morgan fingerprint density at radius 1 is 1.00 bits per heavy atom. The predicted octanol–water partition coefficient (Wildman–Crippen LogP) is -0.782. The number of nitrogens with two attached hydrogens (primary N) is 2. The highest BCUT2D eigenvalue weighted by atomic mass is 16.7. The first-order chi connectivity index (χ1) is 6.49. The van der Waals surface area contributed by atoms with Crippen molar-refractivity contribution in [2.24, 2.45) is 11.5 Å². The first kappa shape index (κ1) is 10.9. The van der Waals surface area contributed by atoms with Crippen LogP contribution in [0.15, 0.2) is 0 Å². The summed E-state index contributed by atoms with van der Waals surface area (Å²) >= 11 is 0. The molecule has 1 fully saturated rings. The van der Waals surface area contributed by atoms with Crippen molar-refractivity contribution >= 4 is 11.9 Å². The summed E-state index contributed by atoms with van der Waals surface area (Å²) in [4.78, 5) is 21.9. The Kier molecular flexibility index (Phi) is 3.43. The number of ether oxygens (including phenoxy) is 2.